The zero-order valence-electron chi connectivity index (χ0n) is 17.0. The first-order valence-corrected chi connectivity index (χ1v) is 10.6. The molecule has 6 heteroatoms. The van der Waals surface area contributed by atoms with Crippen LogP contribution < -0.4 is 10.1 Å². The van der Waals surface area contributed by atoms with Crippen LogP contribution in [-0.2, 0) is 19.5 Å². The second-order valence-corrected chi connectivity index (χ2v) is 8.43. The van der Waals surface area contributed by atoms with Crippen molar-refractivity contribution in [2.45, 2.75) is 33.4 Å². The fraction of sp³-hybridized carbons (Fsp3) is 0.304. The molecule has 0 bridgehead atoms. The molecule has 3 aromatic rings. The molecular weight excluding hydrogens is 382 g/mol. The number of amides is 1. The van der Waals surface area contributed by atoms with Gasteiger partial charge < -0.3 is 4.74 Å². The molecule has 2 aromatic carbocycles. The van der Waals surface area contributed by atoms with Gasteiger partial charge in [-0.05, 0) is 55.7 Å². The lowest BCUT2D eigenvalue weighted by molar-refractivity contribution is 0.102. The number of fused-ring (bicyclic) bond motifs is 1. The predicted molar refractivity (Wildman–Crippen MR) is 117 cm³/mol. The standard InChI is InChI=1S/C23H25N3O2S/c1-15-8-16(2)10-19(9-15)22(27)25-23-24-20(14-29-23)13-26-7-6-17-11-21(28-3)5-4-18(17)12-26/h4-5,8-11,14H,6-7,12-13H2,1-3H3,(H,24,25,27). The number of methoxy groups -OCH3 is 1. The Hall–Kier alpha value is -2.70. The predicted octanol–water partition coefficient (Wildman–Crippen LogP) is 4.58. The van der Waals surface area contributed by atoms with Crippen molar-refractivity contribution < 1.29 is 9.53 Å². The molecule has 0 unspecified atom stereocenters. The van der Waals surface area contributed by atoms with Crippen molar-refractivity contribution >= 4 is 22.4 Å². The van der Waals surface area contributed by atoms with Crippen LogP contribution in [0.4, 0.5) is 5.13 Å². The number of aryl methyl sites for hydroxylation is 2. The lowest BCUT2D eigenvalue weighted by Crippen LogP contribution is -2.30. The summed E-state index contributed by atoms with van der Waals surface area (Å²) in [7, 11) is 1.70. The summed E-state index contributed by atoms with van der Waals surface area (Å²) in [6, 6.07) is 12.2. The van der Waals surface area contributed by atoms with Crippen molar-refractivity contribution in [1.29, 1.82) is 0 Å². The van der Waals surface area contributed by atoms with Crippen LogP contribution in [-0.4, -0.2) is 29.4 Å². The molecular formula is C23H25N3O2S. The molecule has 0 aliphatic carbocycles. The van der Waals surface area contributed by atoms with Crippen molar-refractivity contribution in [1.82, 2.24) is 9.88 Å². The first kappa shape index (κ1) is 19.6. The topological polar surface area (TPSA) is 54.5 Å². The molecule has 0 atom stereocenters. The lowest BCUT2D eigenvalue weighted by atomic mass is 9.99. The number of hydrogen-bond donors (Lipinski definition) is 1. The van der Waals surface area contributed by atoms with Gasteiger partial charge in [-0.3, -0.25) is 15.0 Å². The molecule has 0 spiro atoms. The minimum absolute atomic E-state index is 0.112. The third-order valence-electron chi connectivity index (χ3n) is 5.15. The summed E-state index contributed by atoms with van der Waals surface area (Å²) in [5.74, 6) is 0.805. The number of rotatable bonds is 5. The molecule has 1 N–H and O–H groups in total. The average Bonchev–Trinajstić information content (AvgIpc) is 3.13. The van der Waals surface area contributed by atoms with Crippen molar-refractivity contribution in [3.63, 3.8) is 0 Å². The normalized spacial score (nSPS) is 13.8. The number of carbonyl (C=O) groups is 1. The number of thiazole rings is 1. The third-order valence-corrected chi connectivity index (χ3v) is 5.95. The highest BCUT2D eigenvalue weighted by Crippen LogP contribution is 2.25. The Labute approximate surface area is 175 Å². The highest BCUT2D eigenvalue weighted by Gasteiger charge is 2.18. The van der Waals surface area contributed by atoms with Crippen molar-refractivity contribution in [3.05, 3.63) is 75.3 Å². The van der Waals surface area contributed by atoms with Gasteiger partial charge in [0.15, 0.2) is 5.13 Å². The van der Waals surface area contributed by atoms with Crippen LogP contribution in [0.1, 0.15) is 38.3 Å². The first-order chi connectivity index (χ1) is 14.0. The van der Waals surface area contributed by atoms with E-state index in [4.69, 9.17) is 4.74 Å². The minimum Gasteiger partial charge on any atom is -0.497 e. The van der Waals surface area contributed by atoms with Crippen LogP contribution in [0.25, 0.3) is 0 Å². The van der Waals surface area contributed by atoms with Crippen LogP contribution in [0.3, 0.4) is 0 Å². The van der Waals surface area contributed by atoms with Gasteiger partial charge in [-0.2, -0.15) is 0 Å². The summed E-state index contributed by atoms with van der Waals surface area (Å²) in [5, 5.41) is 5.61. The quantitative estimate of drug-likeness (QED) is 0.673. The molecule has 0 radical (unpaired) electrons. The molecule has 29 heavy (non-hydrogen) atoms. The monoisotopic (exact) mass is 407 g/mol. The van der Waals surface area contributed by atoms with Crippen LogP contribution in [0, 0.1) is 13.8 Å². The van der Waals surface area contributed by atoms with Gasteiger partial charge in [0, 0.05) is 30.6 Å². The van der Waals surface area contributed by atoms with Crippen LogP contribution >= 0.6 is 11.3 Å². The van der Waals surface area contributed by atoms with E-state index in [0.717, 1.165) is 48.6 Å². The second-order valence-electron chi connectivity index (χ2n) is 7.57. The fourth-order valence-corrected chi connectivity index (χ4v) is 4.49. The zero-order valence-corrected chi connectivity index (χ0v) is 17.8. The summed E-state index contributed by atoms with van der Waals surface area (Å²) in [6.07, 6.45) is 1.01. The molecule has 1 aliphatic rings. The Morgan fingerprint density at radius 1 is 1.17 bits per heavy atom. The van der Waals surface area contributed by atoms with Crippen molar-refractivity contribution in [3.8, 4) is 5.75 Å². The SMILES string of the molecule is COc1ccc2c(c1)CCN(Cc1csc(NC(=O)c3cc(C)cc(C)c3)n1)C2. The van der Waals surface area contributed by atoms with Gasteiger partial charge in [0.1, 0.15) is 5.75 Å². The summed E-state index contributed by atoms with van der Waals surface area (Å²) in [4.78, 5) is 19.6. The number of ether oxygens (including phenoxy) is 1. The van der Waals surface area contributed by atoms with Gasteiger partial charge in [0.2, 0.25) is 0 Å². The molecule has 1 aliphatic heterocycles. The van der Waals surface area contributed by atoms with E-state index in [2.05, 4.69) is 33.4 Å². The molecule has 0 fully saturated rings. The van der Waals surface area contributed by atoms with E-state index in [1.54, 1.807) is 7.11 Å². The van der Waals surface area contributed by atoms with E-state index >= 15 is 0 Å². The van der Waals surface area contributed by atoms with E-state index in [1.165, 1.54) is 22.5 Å². The molecule has 4 rings (SSSR count). The van der Waals surface area contributed by atoms with Gasteiger partial charge in [-0.25, -0.2) is 4.98 Å². The largest absolute Gasteiger partial charge is 0.497 e. The maximum Gasteiger partial charge on any atom is 0.257 e. The summed E-state index contributed by atoms with van der Waals surface area (Å²) in [5.41, 5.74) is 6.52. The number of nitrogens with zero attached hydrogens (tertiary/aromatic N) is 2. The Balaban J connectivity index is 1.38. The van der Waals surface area contributed by atoms with Gasteiger partial charge in [-0.15, -0.1) is 11.3 Å². The van der Waals surface area contributed by atoms with E-state index < -0.39 is 0 Å². The fourth-order valence-electron chi connectivity index (χ4n) is 3.79. The third kappa shape index (κ3) is 4.66. The smallest absolute Gasteiger partial charge is 0.257 e. The van der Waals surface area contributed by atoms with Crippen molar-refractivity contribution in [2.24, 2.45) is 0 Å². The van der Waals surface area contributed by atoms with E-state index in [9.17, 15) is 4.79 Å². The Kier molecular flexibility index (Phi) is 5.65. The van der Waals surface area contributed by atoms with E-state index in [0.29, 0.717) is 10.7 Å². The number of anilines is 1. The Morgan fingerprint density at radius 2 is 1.97 bits per heavy atom. The van der Waals surface area contributed by atoms with Crippen LogP contribution in [0.2, 0.25) is 0 Å². The minimum atomic E-state index is -0.112. The summed E-state index contributed by atoms with van der Waals surface area (Å²) in [6.45, 7) is 6.67. The zero-order chi connectivity index (χ0) is 20.4. The van der Waals surface area contributed by atoms with Gasteiger partial charge in [0.05, 0.1) is 12.8 Å². The summed E-state index contributed by atoms with van der Waals surface area (Å²) < 4.78 is 5.33. The summed E-state index contributed by atoms with van der Waals surface area (Å²) >= 11 is 1.47. The number of carbonyl (C=O) groups excluding carboxylic acids is 1. The Morgan fingerprint density at radius 3 is 2.72 bits per heavy atom. The highest BCUT2D eigenvalue weighted by molar-refractivity contribution is 7.14. The van der Waals surface area contributed by atoms with Crippen molar-refractivity contribution in [2.75, 3.05) is 19.0 Å². The molecule has 2 heterocycles. The maximum atomic E-state index is 12.5. The number of aromatic nitrogens is 1. The average molecular weight is 408 g/mol. The number of benzene rings is 2. The molecule has 5 nitrogen and oxygen atoms in total. The Bertz CT molecular complexity index is 1020. The molecule has 0 saturated carbocycles. The first-order valence-electron chi connectivity index (χ1n) is 9.72. The molecule has 150 valence electrons. The lowest BCUT2D eigenvalue weighted by Gasteiger charge is -2.28. The van der Waals surface area contributed by atoms with Crippen LogP contribution in [0.5, 0.6) is 5.75 Å². The van der Waals surface area contributed by atoms with Gasteiger partial charge in [-0.1, -0.05) is 23.3 Å². The molecule has 1 amide bonds. The van der Waals surface area contributed by atoms with E-state index in [-0.39, 0.29) is 5.91 Å². The van der Waals surface area contributed by atoms with E-state index in [1.807, 2.05) is 37.4 Å². The molecule has 1 aromatic heterocycles. The van der Waals surface area contributed by atoms with Crippen LogP contribution in [0.15, 0.2) is 41.8 Å². The highest BCUT2D eigenvalue weighted by atomic mass is 32.1. The van der Waals surface area contributed by atoms with Gasteiger partial charge in [0.25, 0.3) is 5.91 Å². The maximum absolute atomic E-state index is 12.5. The van der Waals surface area contributed by atoms with Gasteiger partial charge >= 0.3 is 0 Å². The number of nitrogens with one attached hydrogen (secondary N) is 1. The second kappa shape index (κ2) is 8.35. The molecule has 0 saturated heterocycles. The number of hydrogen-bond acceptors (Lipinski definition) is 5.